The minimum absolute atomic E-state index is 0.0373. The van der Waals surface area contributed by atoms with Crippen molar-refractivity contribution in [3.05, 3.63) is 84.3 Å². The lowest BCUT2D eigenvalue weighted by atomic mass is 10.2. The van der Waals surface area contributed by atoms with Gasteiger partial charge in [-0.05, 0) is 41.5 Å². The molecule has 0 bridgehead atoms. The van der Waals surface area contributed by atoms with E-state index in [0.29, 0.717) is 6.54 Å². The van der Waals surface area contributed by atoms with Gasteiger partial charge >= 0.3 is 0 Å². The monoisotopic (exact) mass is 433 g/mol. The van der Waals surface area contributed by atoms with E-state index >= 15 is 0 Å². The van der Waals surface area contributed by atoms with E-state index in [2.05, 4.69) is 37.2 Å². The number of nitrogens with one attached hydrogen (secondary N) is 1. The van der Waals surface area contributed by atoms with Crippen LogP contribution in [0.2, 0.25) is 0 Å². The fourth-order valence-electron chi connectivity index (χ4n) is 3.59. The third-order valence-electron chi connectivity index (χ3n) is 5.20. The molecule has 1 aliphatic heterocycles. The van der Waals surface area contributed by atoms with Crippen LogP contribution in [0.4, 0.5) is 5.69 Å². The summed E-state index contributed by atoms with van der Waals surface area (Å²) in [6, 6.07) is 18.0. The van der Waals surface area contributed by atoms with Gasteiger partial charge in [0.1, 0.15) is 0 Å². The Bertz CT molecular complexity index is 962. The molecule has 0 saturated carbocycles. The highest BCUT2D eigenvalue weighted by molar-refractivity contribution is 7.98. The Kier molecular flexibility index (Phi) is 7.65. The van der Waals surface area contributed by atoms with Gasteiger partial charge in [-0.2, -0.15) is 0 Å². The van der Waals surface area contributed by atoms with Crippen LogP contribution in [-0.4, -0.2) is 58.4 Å². The fourth-order valence-corrected chi connectivity index (χ4v) is 4.39. The summed E-state index contributed by atoms with van der Waals surface area (Å²) in [5.41, 5.74) is 3.24. The molecule has 1 N–H and O–H groups in total. The fraction of sp³-hybridized carbons (Fsp3) is 0.292. The van der Waals surface area contributed by atoms with Crippen LogP contribution >= 0.6 is 11.8 Å². The van der Waals surface area contributed by atoms with Crippen molar-refractivity contribution >= 4 is 23.4 Å². The molecule has 6 nitrogen and oxygen atoms in total. The van der Waals surface area contributed by atoms with Gasteiger partial charge in [-0.3, -0.25) is 19.6 Å². The smallest absolute Gasteiger partial charge is 0.238 e. The molecule has 31 heavy (non-hydrogen) atoms. The maximum atomic E-state index is 12.6. The van der Waals surface area contributed by atoms with Gasteiger partial charge in [0.2, 0.25) is 5.91 Å². The topological polar surface area (TPSA) is 61.4 Å². The second kappa shape index (κ2) is 11.0. The number of benzene rings is 1. The Balaban J connectivity index is 1.21. The van der Waals surface area contributed by atoms with Gasteiger partial charge in [0.05, 0.1) is 11.6 Å². The van der Waals surface area contributed by atoms with Gasteiger partial charge < -0.3 is 5.32 Å². The molecule has 1 fully saturated rings. The highest BCUT2D eigenvalue weighted by atomic mass is 32.2. The van der Waals surface area contributed by atoms with Crippen LogP contribution in [0.3, 0.4) is 0 Å². The first-order chi connectivity index (χ1) is 15.2. The van der Waals surface area contributed by atoms with E-state index in [-0.39, 0.29) is 5.91 Å². The first-order valence-corrected chi connectivity index (χ1v) is 11.5. The average Bonchev–Trinajstić information content (AvgIpc) is 2.81. The van der Waals surface area contributed by atoms with Crippen LogP contribution in [0.15, 0.2) is 78.2 Å². The number of anilines is 1. The third-order valence-corrected chi connectivity index (χ3v) is 6.21. The molecule has 1 aromatic carbocycles. The minimum atomic E-state index is 0.0373. The average molecular weight is 434 g/mol. The molecule has 0 radical (unpaired) electrons. The molecule has 2 aromatic heterocycles. The Hall–Kier alpha value is -2.74. The molecule has 0 atom stereocenters. The quantitative estimate of drug-likeness (QED) is 0.549. The van der Waals surface area contributed by atoms with E-state index < -0.39 is 0 Å². The van der Waals surface area contributed by atoms with Crippen LogP contribution in [0.25, 0.3) is 0 Å². The predicted molar refractivity (Wildman–Crippen MR) is 125 cm³/mol. The summed E-state index contributed by atoms with van der Waals surface area (Å²) in [6.07, 6.45) is 5.52. The standard InChI is InChI=1S/C24H27N5OS/c30-23(18-29-13-11-28(12-14-29)17-21-6-4-9-25-16-21)27-22-7-3-5-20(15-22)19-31-24-8-1-2-10-26-24/h1-10,15-16H,11-14,17-19H2,(H,27,30). The summed E-state index contributed by atoms with van der Waals surface area (Å²) in [5.74, 6) is 0.856. The van der Waals surface area contributed by atoms with Crippen molar-refractivity contribution in [2.24, 2.45) is 0 Å². The molecule has 1 aliphatic rings. The lowest BCUT2D eigenvalue weighted by Crippen LogP contribution is -2.48. The van der Waals surface area contributed by atoms with Gasteiger partial charge in [-0.25, -0.2) is 4.98 Å². The minimum Gasteiger partial charge on any atom is -0.325 e. The van der Waals surface area contributed by atoms with Crippen LogP contribution in [0.1, 0.15) is 11.1 Å². The molecule has 3 aromatic rings. The summed E-state index contributed by atoms with van der Waals surface area (Å²) in [5, 5.41) is 4.05. The molecule has 0 aliphatic carbocycles. The van der Waals surface area contributed by atoms with Gasteiger partial charge in [-0.15, -0.1) is 11.8 Å². The maximum absolute atomic E-state index is 12.6. The number of hydrogen-bond acceptors (Lipinski definition) is 6. The first-order valence-electron chi connectivity index (χ1n) is 10.5. The van der Waals surface area contributed by atoms with E-state index in [1.165, 1.54) is 5.56 Å². The normalized spacial score (nSPS) is 15.0. The molecule has 1 amide bonds. The lowest BCUT2D eigenvalue weighted by Gasteiger charge is -2.34. The first kappa shape index (κ1) is 21.5. The molecule has 4 rings (SSSR count). The molecule has 0 spiro atoms. The second-order valence-corrected chi connectivity index (χ2v) is 8.61. The van der Waals surface area contributed by atoms with Crippen molar-refractivity contribution < 1.29 is 4.79 Å². The summed E-state index contributed by atoms with van der Waals surface area (Å²) in [6.45, 7) is 5.05. The number of thioether (sulfide) groups is 1. The number of aromatic nitrogens is 2. The SMILES string of the molecule is O=C(CN1CCN(Cc2cccnc2)CC1)Nc1cccc(CSc2ccccn2)c1. The summed E-state index contributed by atoms with van der Waals surface area (Å²) in [7, 11) is 0. The van der Waals surface area contributed by atoms with Crippen molar-refractivity contribution in [3.8, 4) is 0 Å². The number of pyridine rings is 2. The predicted octanol–water partition coefficient (Wildman–Crippen LogP) is 3.53. The molecular weight excluding hydrogens is 406 g/mol. The summed E-state index contributed by atoms with van der Waals surface area (Å²) < 4.78 is 0. The molecule has 160 valence electrons. The van der Waals surface area contributed by atoms with Crippen LogP contribution < -0.4 is 5.32 Å². The van der Waals surface area contributed by atoms with Crippen molar-refractivity contribution in [1.29, 1.82) is 0 Å². The summed E-state index contributed by atoms with van der Waals surface area (Å²) in [4.78, 5) is 25.7. The van der Waals surface area contributed by atoms with E-state index in [1.54, 1.807) is 24.2 Å². The van der Waals surface area contributed by atoms with Crippen LogP contribution in [0.5, 0.6) is 0 Å². The van der Waals surface area contributed by atoms with Crippen LogP contribution in [-0.2, 0) is 17.1 Å². The van der Waals surface area contributed by atoms with Gasteiger partial charge in [-0.1, -0.05) is 24.3 Å². The van der Waals surface area contributed by atoms with Gasteiger partial charge in [0.25, 0.3) is 0 Å². The number of nitrogens with zero attached hydrogens (tertiary/aromatic N) is 4. The van der Waals surface area contributed by atoms with E-state index in [0.717, 1.165) is 54.8 Å². The lowest BCUT2D eigenvalue weighted by molar-refractivity contribution is -0.117. The highest BCUT2D eigenvalue weighted by Gasteiger charge is 2.19. The van der Waals surface area contributed by atoms with Crippen molar-refractivity contribution in [3.63, 3.8) is 0 Å². The van der Waals surface area contributed by atoms with E-state index in [4.69, 9.17) is 0 Å². The maximum Gasteiger partial charge on any atom is 0.238 e. The number of rotatable bonds is 8. The zero-order chi connectivity index (χ0) is 21.3. The van der Waals surface area contributed by atoms with Gasteiger partial charge in [0, 0.05) is 62.8 Å². The molecular formula is C24H27N5OS. The van der Waals surface area contributed by atoms with Gasteiger partial charge in [0.15, 0.2) is 0 Å². The van der Waals surface area contributed by atoms with Crippen LogP contribution in [0, 0.1) is 0 Å². The largest absolute Gasteiger partial charge is 0.325 e. The highest BCUT2D eigenvalue weighted by Crippen LogP contribution is 2.22. The summed E-state index contributed by atoms with van der Waals surface area (Å²) >= 11 is 1.69. The zero-order valence-electron chi connectivity index (χ0n) is 17.5. The van der Waals surface area contributed by atoms with Crippen molar-refractivity contribution in [2.45, 2.75) is 17.3 Å². The Morgan fingerprint density at radius 1 is 0.935 bits per heavy atom. The molecule has 1 saturated heterocycles. The Morgan fingerprint density at radius 2 is 1.77 bits per heavy atom. The van der Waals surface area contributed by atoms with E-state index in [9.17, 15) is 4.79 Å². The molecule has 3 heterocycles. The number of carbonyl (C=O) groups excluding carboxylic acids is 1. The third kappa shape index (κ3) is 6.89. The van der Waals surface area contributed by atoms with Crippen molar-refractivity contribution in [2.75, 3.05) is 38.0 Å². The second-order valence-electron chi connectivity index (χ2n) is 7.62. The number of hydrogen-bond donors (Lipinski definition) is 1. The molecule has 0 unspecified atom stereocenters. The Labute approximate surface area is 187 Å². The Morgan fingerprint density at radius 3 is 2.55 bits per heavy atom. The van der Waals surface area contributed by atoms with E-state index in [1.807, 2.05) is 48.7 Å². The number of amides is 1. The van der Waals surface area contributed by atoms with Crippen molar-refractivity contribution in [1.82, 2.24) is 19.8 Å². The number of piperazine rings is 1. The zero-order valence-corrected chi connectivity index (χ0v) is 18.3. The molecule has 7 heteroatoms. The number of carbonyl (C=O) groups is 1.